The molecule has 31 heavy (non-hydrogen) atoms. The molecule has 2 amide bonds. The number of allylic oxidation sites excluding steroid dienone is 4. The first-order valence-corrected chi connectivity index (χ1v) is 9.87. The molecule has 1 heterocycles. The van der Waals surface area contributed by atoms with Crippen molar-refractivity contribution in [2.24, 2.45) is 0 Å². The van der Waals surface area contributed by atoms with Crippen LogP contribution in [0.3, 0.4) is 0 Å². The number of benzene rings is 1. The topological polar surface area (TPSA) is 100 Å². The van der Waals surface area contributed by atoms with E-state index >= 15 is 0 Å². The zero-order chi connectivity index (χ0) is 22.4. The highest BCUT2D eigenvalue weighted by Gasteiger charge is 2.19. The lowest BCUT2D eigenvalue weighted by molar-refractivity contribution is -0.137. The number of aliphatic carboxylic acids is 1. The molecule has 160 valence electrons. The molecule has 3 N–H and O–H groups in total. The Balaban J connectivity index is 1.74. The Bertz CT molecular complexity index is 1120. The van der Waals surface area contributed by atoms with Crippen LogP contribution in [0.1, 0.15) is 24.4 Å². The fraction of sp³-hybridized carbons (Fsp3) is 0.182. The van der Waals surface area contributed by atoms with Gasteiger partial charge in [0, 0.05) is 17.5 Å². The predicted molar refractivity (Wildman–Crippen MR) is 119 cm³/mol. The Morgan fingerprint density at radius 2 is 1.97 bits per heavy atom. The van der Waals surface area contributed by atoms with Crippen LogP contribution in [0.2, 0.25) is 0 Å². The quantitative estimate of drug-likeness (QED) is 0.571. The smallest absolute Gasteiger partial charge is 0.319 e. The van der Waals surface area contributed by atoms with Crippen molar-refractivity contribution in [1.82, 2.24) is 9.88 Å². The van der Waals surface area contributed by atoms with Gasteiger partial charge in [-0.3, -0.25) is 9.59 Å². The van der Waals surface area contributed by atoms with E-state index in [2.05, 4.69) is 10.6 Å². The molecular formula is C22H20FN3O4S. The second kappa shape index (κ2) is 9.94. The highest BCUT2D eigenvalue weighted by molar-refractivity contribution is 7.80. The molecule has 0 unspecified atom stereocenters. The van der Waals surface area contributed by atoms with Crippen molar-refractivity contribution < 1.29 is 19.1 Å². The first-order valence-electron chi connectivity index (χ1n) is 9.46. The molecule has 1 aromatic heterocycles. The number of carboxylic acid groups (broad SMARTS) is 1. The van der Waals surface area contributed by atoms with Crippen molar-refractivity contribution >= 4 is 34.8 Å². The molecule has 0 radical (unpaired) electrons. The van der Waals surface area contributed by atoms with Crippen LogP contribution in [0.5, 0.6) is 0 Å². The second-order valence-electron chi connectivity index (χ2n) is 6.90. The number of urea groups is 1. The number of nitrogens with one attached hydrogen (secondary N) is 2. The fourth-order valence-electron chi connectivity index (χ4n) is 3.10. The van der Waals surface area contributed by atoms with Crippen molar-refractivity contribution in [3.63, 3.8) is 0 Å². The normalized spacial score (nSPS) is 14.0. The highest BCUT2D eigenvalue weighted by atomic mass is 32.1. The fourth-order valence-corrected chi connectivity index (χ4v) is 3.33. The Hall–Kier alpha value is -3.59. The van der Waals surface area contributed by atoms with Crippen LogP contribution in [0.15, 0.2) is 71.2 Å². The summed E-state index contributed by atoms with van der Waals surface area (Å²) in [6.45, 7) is 0.274. The van der Waals surface area contributed by atoms with Crippen LogP contribution in [0, 0.1) is 5.82 Å². The van der Waals surface area contributed by atoms with Crippen LogP contribution < -0.4 is 16.2 Å². The van der Waals surface area contributed by atoms with Crippen molar-refractivity contribution in [3.8, 4) is 0 Å². The number of thiocarbonyl (C=S) groups is 1. The molecule has 0 saturated carbocycles. The minimum atomic E-state index is -1.14. The number of anilines is 1. The average molecular weight is 441 g/mol. The molecule has 9 heteroatoms. The number of amides is 2. The standard InChI is InChI=1S/C22H20FN3O4S/c23-16-9-7-14(8-10-16)18(12-20(27)28)25-22(30)24-17-5-3-11-26(21(17)29)13-15-4-1-2-6-19(15)31/h1-5,7-11,18H,6,12-13H2,(H,27,28)(H2,24,25,30)/t18-/m0/s1. The van der Waals surface area contributed by atoms with Gasteiger partial charge in [0.15, 0.2) is 0 Å². The third-order valence-corrected chi connectivity index (χ3v) is 5.09. The van der Waals surface area contributed by atoms with Crippen LogP contribution in [-0.2, 0) is 11.3 Å². The molecule has 0 bridgehead atoms. The van der Waals surface area contributed by atoms with E-state index in [9.17, 15) is 18.8 Å². The molecule has 7 nitrogen and oxygen atoms in total. The molecule has 1 atom stereocenters. The van der Waals surface area contributed by atoms with E-state index in [1.165, 1.54) is 34.9 Å². The number of halogens is 1. The van der Waals surface area contributed by atoms with Gasteiger partial charge in [0.05, 0.1) is 19.0 Å². The van der Waals surface area contributed by atoms with Gasteiger partial charge in [0.2, 0.25) is 0 Å². The summed E-state index contributed by atoms with van der Waals surface area (Å²) in [4.78, 5) is 37.2. The second-order valence-corrected chi connectivity index (χ2v) is 7.40. The zero-order valence-electron chi connectivity index (χ0n) is 16.4. The number of carboxylic acids is 1. The molecule has 0 fully saturated rings. The van der Waals surface area contributed by atoms with Gasteiger partial charge in [-0.2, -0.15) is 0 Å². The summed E-state index contributed by atoms with van der Waals surface area (Å²) in [6, 6.07) is 6.57. The SMILES string of the molecule is O=C(O)C[C@H](NC(=O)Nc1cccn(CC2=CC=CCC2=S)c1=O)c1ccc(F)cc1. The first-order chi connectivity index (χ1) is 14.8. The zero-order valence-corrected chi connectivity index (χ0v) is 17.2. The van der Waals surface area contributed by atoms with Crippen molar-refractivity contribution in [2.75, 3.05) is 5.32 Å². The Kier molecular flexibility index (Phi) is 7.09. The summed E-state index contributed by atoms with van der Waals surface area (Å²) in [5.41, 5.74) is 0.882. The number of nitrogens with zero attached hydrogens (tertiary/aromatic N) is 1. The molecule has 0 aliphatic heterocycles. The van der Waals surface area contributed by atoms with Crippen LogP contribution in [-0.4, -0.2) is 26.5 Å². The Labute approximate surface area is 182 Å². The number of carbonyl (C=O) groups is 2. The van der Waals surface area contributed by atoms with Gasteiger partial charge in [-0.15, -0.1) is 0 Å². The predicted octanol–water partition coefficient (Wildman–Crippen LogP) is 3.58. The molecule has 1 aromatic carbocycles. The van der Waals surface area contributed by atoms with E-state index in [1.54, 1.807) is 12.3 Å². The summed E-state index contributed by atoms with van der Waals surface area (Å²) in [6.07, 6.45) is 7.50. The van der Waals surface area contributed by atoms with E-state index in [0.717, 1.165) is 10.4 Å². The van der Waals surface area contributed by atoms with Gasteiger partial charge >= 0.3 is 12.0 Å². The van der Waals surface area contributed by atoms with Crippen LogP contribution >= 0.6 is 12.2 Å². The third kappa shape index (κ3) is 5.95. The number of hydrogen-bond acceptors (Lipinski definition) is 4. The van der Waals surface area contributed by atoms with Gasteiger partial charge in [-0.05, 0) is 35.4 Å². The van der Waals surface area contributed by atoms with E-state index in [-0.39, 0.29) is 12.2 Å². The highest BCUT2D eigenvalue weighted by Crippen LogP contribution is 2.18. The van der Waals surface area contributed by atoms with Crippen molar-refractivity contribution in [1.29, 1.82) is 0 Å². The third-order valence-electron chi connectivity index (χ3n) is 4.66. The van der Waals surface area contributed by atoms with E-state index < -0.39 is 35.8 Å². The number of rotatable bonds is 7. The summed E-state index contributed by atoms with van der Waals surface area (Å²) >= 11 is 5.32. The van der Waals surface area contributed by atoms with Crippen LogP contribution in [0.4, 0.5) is 14.9 Å². The Morgan fingerprint density at radius 1 is 1.23 bits per heavy atom. The summed E-state index contributed by atoms with van der Waals surface area (Å²) in [5.74, 6) is -1.61. The van der Waals surface area contributed by atoms with E-state index in [4.69, 9.17) is 17.3 Å². The first kappa shape index (κ1) is 22.1. The van der Waals surface area contributed by atoms with Gasteiger partial charge in [0.25, 0.3) is 5.56 Å². The largest absolute Gasteiger partial charge is 0.481 e. The maximum atomic E-state index is 13.2. The minimum absolute atomic E-state index is 0.0334. The number of aromatic nitrogens is 1. The van der Waals surface area contributed by atoms with E-state index in [0.29, 0.717) is 12.0 Å². The van der Waals surface area contributed by atoms with Crippen molar-refractivity contribution in [2.45, 2.75) is 25.4 Å². The van der Waals surface area contributed by atoms with Gasteiger partial charge in [0.1, 0.15) is 11.5 Å². The molecule has 3 rings (SSSR count). The van der Waals surface area contributed by atoms with E-state index in [1.807, 2.05) is 18.2 Å². The summed E-state index contributed by atoms with van der Waals surface area (Å²) in [7, 11) is 0. The van der Waals surface area contributed by atoms with Gasteiger partial charge in [-0.1, -0.05) is 42.6 Å². The molecule has 0 spiro atoms. The summed E-state index contributed by atoms with van der Waals surface area (Å²) < 4.78 is 14.6. The molecule has 0 saturated heterocycles. The lowest BCUT2D eigenvalue weighted by Gasteiger charge is -2.18. The Morgan fingerprint density at radius 3 is 2.65 bits per heavy atom. The lowest BCUT2D eigenvalue weighted by Crippen LogP contribution is -2.36. The number of pyridine rings is 1. The molecule has 2 aromatic rings. The average Bonchev–Trinajstić information content (AvgIpc) is 2.72. The number of hydrogen-bond donors (Lipinski definition) is 3. The number of carbonyl (C=O) groups excluding carboxylic acids is 1. The van der Waals surface area contributed by atoms with Gasteiger partial charge in [-0.25, -0.2) is 9.18 Å². The summed E-state index contributed by atoms with van der Waals surface area (Å²) in [5, 5.41) is 14.1. The van der Waals surface area contributed by atoms with Crippen LogP contribution in [0.25, 0.3) is 0 Å². The monoisotopic (exact) mass is 441 g/mol. The maximum absolute atomic E-state index is 13.2. The molecule has 1 aliphatic carbocycles. The minimum Gasteiger partial charge on any atom is -0.481 e. The lowest BCUT2D eigenvalue weighted by atomic mass is 10.0. The maximum Gasteiger partial charge on any atom is 0.319 e. The molecular weight excluding hydrogens is 421 g/mol. The molecule has 1 aliphatic rings. The van der Waals surface area contributed by atoms with Crippen molar-refractivity contribution in [3.05, 3.63) is 88.1 Å². The van der Waals surface area contributed by atoms with Gasteiger partial charge < -0.3 is 20.3 Å².